The first-order valence-electron chi connectivity index (χ1n) is 10.3. The summed E-state index contributed by atoms with van der Waals surface area (Å²) in [5, 5.41) is 3.09. The van der Waals surface area contributed by atoms with Gasteiger partial charge in [0.2, 0.25) is 0 Å². The summed E-state index contributed by atoms with van der Waals surface area (Å²) in [6, 6.07) is 7.51. The smallest absolute Gasteiger partial charge is 0.332 e. The van der Waals surface area contributed by atoms with Crippen molar-refractivity contribution in [2.24, 2.45) is 14.1 Å². The molecule has 1 amide bonds. The minimum absolute atomic E-state index is 0.162. The number of rotatable bonds is 5. The first-order valence-corrected chi connectivity index (χ1v) is 10.3. The van der Waals surface area contributed by atoms with E-state index in [0.717, 1.165) is 10.1 Å². The number of aryl methyl sites for hydroxylation is 1. The van der Waals surface area contributed by atoms with Crippen LogP contribution in [-0.2, 0) is 18.8 Å². The first kappa shape index (κ1) is 21.8. The molecule has 0 radical (unpaired) electrons. The summed E-state index contributed by atoms with van der Waals surface area (Å²) in [5.41, 5.74) is 0.317. The monoisotopic (exact) mass is 441 g/mol. The zero-order valence-corrected chi connectivity index (χ0v) is 17.9. The number of nitrogens with zero attached hydrogens (tertiary/aromatic N) is 4. The van der Waals surface area contributed by atoms with Crippen molar-refractivity contribution in [2.45, 2.75) is 6.04 Å². The molecule has 1 aromatic carbocycles. The van der Waals surface area contributed by atoms with Gasteiger partial charge >= 0.3 is 5.69 Å². The van der Waals surface area contributed by atoms with Gasteiger partial charge in [-0.2, -0.15) is 0 Å². The van der Waals surface area contributed by atoms with Gasteiger partial charge in [-0.15, -0.1) is 0 Å². The van der Waals surface area contributed by atoms with Crippen molar-refractivity contribution in [2.75, 3.05) is 32.8 Å². The fraction of sp³-hybridized carbons (Fsp3) is 0.364. The largest absolute Gasteiger partial charge is 0.379 e. The molecule has 1 fully saturated rings. The maximum Gasteiger partial charge on any atom is 0.332 e. The second-order valence-electron chi connectivity index (χ2n) is 7.73. The van der Waals surface area contributed by atoms with Crippen LogP contribution in [0.5, 0.6) is 0 Å². The van der Waals surface area contributed by atoms with Gasteiger partial charge in [0.15, 0.2) is 0 Å². The molecule has 1 atom stereocenters. The van der Waals surface area contributed by atoms with Crippen LogP contribution in [0.4, 0.5) is 4.39 Å². The SMILES string of the molecule is Cn1c(=O)c2cc(C(=O)NCC(c3ccc(F)cc3)N3CCOCC3)cnc2n(C)c1=O. The molecule has 1 unspecified atom stereocenters. The van der Waals surface area contributed by atoms with E-state index in [1.54, 1.807) is 12.1 Å². The molecule has 4 rings (SSSR count). The van der Waals surface area contributed by atoms with Crippen molar-refractivity contribution in [1.82, 2.24) is 24.3 Å². The fourth-order valence-corrected chi connectivity index (χ4v) is 3.91. The summed E-state index contributed by atoms with van der Waals surface area (Å²) in [5.74, 6) is -0.715. The van der Waals surface area contributed by atoms with Gasteiger partial charge in [0.05, 0.1) is 30.2 Å². The predicted molar refractivity (Wildman–Crippen MR) is 116 cm³/mol. The van der Waals surface area contributed by atoms with Gasteiger partial charge in [0, 0.05) is 39.9 Å². The van der Waals surface area contributed by atoms with Crippen LogP contribution >= 0.6 is 0 Å². The summed E-state index contributed by atoms with van der Waals surface area (Å²) >= 11 is 0. The van der Waals surface area contributed by atoms with Crippen molar-refractivity contribution in [3.63, 3.8) is 0 Å². The number of benzene rings is 1. The Hall–Kier alpha value is -3.37. The van der Waals surface area contributed by atoms with Gasteiger partial charge in [-0.1, -0.05) is 12.1 Å². The molecular weight excluding hydrogens is 417 g/mol. The molecular formula is C22H24FN5O4. The van der Waals surface area contributed by atoms with Crippen LogP contribution in [0.25, 0.3) is 11.0 Å². The Morgan fingerprint density at radius 2 is 1.84 bits per heavy atom. The number of amides is 1. The highest BCUT2D eigenvalue weighted by atomic mass is 19.1. The lowest BCUT2D eigenvalue weighted by Crippen LogP contribution is -2.43. The van der Waals surface area contributed by atoms with Crippen LogP contribution < -0.4 is 16.6 Å². The second-order valence-corrected chi connectivity index (χ2v) is 7.73. The van der Waals surface area contributed by atoms with E-state index in [-0.39, 0.29) is 35.0 Å². The normalized spacial score (nSPS) is 15.6. The lowest BCUT2D eigenvalue weighted by atomic mass is 10.0. The Bertz CT molecular complexity index is 1260. The fourth-order valence-electron chi connectivity index (χ4n) is 3.91. The van der Waals surface area contributed by atoms with Crippen molar-refractivity contribution in [1.29, 1.82) is 0 Å². The quantitative estimate of drug-likeness (QED) is 0.622. The van der Waals surface area contributed by atoms with E-state index < -0.39 is 17.2 Å². The van der Waals surface area contributed by atoms with E-state index in [9.17, 15) is 18.8 Å². The van der Waals surface area contributed by atoms with Gasteiger partial charge in [-0.3, -0.25) is 23.6 Å². The number of nitrogens with one attached hydrogen (secondary N) is 1. The minimum Gasteiger partial charge on any atom is -0.379 e. The highest BCUT2D eigenvalue weighted by molar-refractivity contribution is 5.96. The number of hydrogen-bond donors (Lipinski definition) is 1. The molecule has 9 nitrogen and oxygen atoms in total. The average Bonchev–Trinajstić information content (AvgIpc) is 2.82. The molecule has 0 spiro atoms. The zero-order valence-electron chi connectivity index (χ0n) is 17.9. The standard InChI is InChI=1S/C22H24FN5O4/c1-26-19-17(21(30)27(2)22(26)31)11-15(12-24-19)20(29)25-13-18(28-7-9-32-10-8-28)14-3-5-16(23)6-4-14/h3-6,11-12,18H,7-10,13H2,1-2H3,(H,25,29). The van der Waals surface area contributed by atoms with E-state index in [1.165, 1.54) is 43.1 Å². The number of ether oxygens (including phenoxy) is 1. The van der Waals surface area contributed by atoms with E-state index in [0.29, 0.717) is 26.3 Å². The third kappa shape index (κ3) is 4.19. The molecule has 168 valence electrons. The topological polar surface area (TPSA) is 98.5 Å². The Morgan fingerprint density at radius 1 is 1.16 bits per heavy atom. The number of pyridine rings is 1. The summed E-state index contributed by atoms with van der Waals surface area (Å²) in [6.07, 6.45) is 1.35. The molecule has 1 aliphatic rings. The molecule has 3 aromatic rings. The third-order valence-corrected chi connectivity index (χ3v) is 5.75. The number of halogens is 1. The van der Waals surface area contributed by atoms with Gasteiger partial charge in [-0.25, -0.2) is 14.2 Å². The van der Waals surface area contributed by atoms with E-state index in [2.05, 4.69) is 15.2 Å². The van der Waals surface area contributed by atoms with Crippen molar-refractivity contribution in [3.05, 3.63) is 74.3 Å². The van der Waals surface area contributed by atoms with Gasteiger partial charge in [0.25, 0.3) is 11.5 Å². The number of aromatic nitrogens is 3. The number of fused-ring (bicyclic) bond motifs is 1. The molecule has 3 heterocycles. The molecule has 1 aliphatic heterocycles. The molecule has 0 bridgehead atoms. The highest BCUT2D eigenvalue weighted by Gasteiger charge is 2.24. The van der Waals surface area contributed by atoms with Crippen LogP contribution in [0, 0.1) is 5.82 Å². The van der Waals surface area contributed by atoms with Crippen LogP contribution in [-0.4, -0.2) is 57.8 Å². The van der Waals surface area contributed by atoms with Crippen molar-refractivity contribution in [3.8, 4) is 0 Å². The Morgan fingerprint density at radius 3 is 2.53 bits per heavy atom. The average molecular weight is 441 g/mol. The summed E-state index contributed by atoms with van der Waals surface area (Å²) in [4.78, 5) is 43.8. The Kier molecular flexibility index (Phi) is 6.15. The Balaban J connectivity index is 1.59. The number of hydrogen-bond acceptors (Lipinski definition) is 6. The van der Waals surface area contributed by atoms with Crippen LogP contribution in [0.1, 0.15) is 22.0 Å². The maximum atomic E-state index is 13.4. The van der Waals surface area contributed by atoms with Gasteiger partial charge < -0.3 is 10.1 Å². The number of morpholine rings is 1. The Labute approximate surface area is 183 Å². The summed E-state index contributed by atoms with van der Waals surface area (Å²) in [7, 11) is 2.90. The zero-order chi connectivity index (χ0) is 22.8. The number of carbonyl (C=O) groups excluding carboxylic acids is 1. The summed E-state index contributed by atoms with van der Waals surface area (Å²) in [6.45, 7) is 2.84. The maximum absolute atomic E-state index is 13.4. The predicted octanol–water partition coefficient (Wildman–Crippen LogP) is 0.575. The van der Waals surface area contributed by atoms with Gasteiger partial charge in [-0.05, 0) is 23.8 Å². The second kappa shape index (κ2) is 9.01. The molecule has 0 aliphatic carbocycles. The third-order valence-electron chi connectivity index (χ3n) is 5.75. The number of carbonyl (C=O) groups is 1. The van der Waals surface area contributed by atoms with Crippen LogP contribution in [0.15, 0.2) is 46.1 Å². The molecule has 32 heavy (non-hydrogen) atoms. The van der Waals surface area contributed by atoms with Crippen LogP contribution in [0.2, 0.25) is 0 Å². The van der Waals surface area contributed by atoms with Crippen molar-refractivity contribution >= 4 is 16.9 Å². The highest BCUT2D eigenvalue weighted by Crippen LogP contribution is 2.22. The van der Waals surface area contributed by atoms with E-state index in [1.807, 2.05) is 0 Å². The molecule has 2 aromatic heterocycles. The minimum atomic E-state index is -0.511. The van der Waals surface area contributed by atoms with Crippen molar-refractivity contribution < 1.29 is 13.9 Å². The van der Waals surface area contributed by atoms with E-state index >= 15 is 0 Å². The molecule has 0 saturated carbocycles. The van der Waals surface area contributed by atoms with Crippen LogP contribution in [0.3, 0.4) is 0 Å². The first-order chi connectivity index (χ1) is 15.4. The van der Waals surface area contributed by atoms with E-state index in [4.69, 9.17) is 4.74 Å². The molecule has 1 saturated heterocycles. The molecule has 10 heteroatoms. The summed E-state index contributed by atoms with van der Waals surface area (Å²) < 4.78 is 21.1. The van der Waals surface area contributed by atoms with Gasteiger partial charge in [0.1, 0.15) is 11.5 Å². The molecule has 1 N–H and O–H groups in total. The lowest BCUT2D eigenvalue weighted by molar-refractivity contribution is 0.0162. The lowest BCUT2D eigenvalue weighted by Gasteiger charge is -2.35.